The van der Waals surface area contributed by atoms with Gasteiger partial charge in [0.1, 0.15) is 5.82 Å². The molecule has 15 nitrogen and oxygen atoms in total. The normalized spacial score (nSPS) is 17.0. The van der Waals surface area contributed by atoms with Gasteiger partial charge in [-0.1, -0.05) is 0 Å². The zero-order valence-corrected chi connectivity index (χ0v) is 26.3. The first-order valence-corrected chi connectivity index (χ1v) is 14.9. The third kappa shape index (κ3) is 8.92. The molecule has 15 heteroatoms. The number of methoxy groups -OCH3 is 2. The average molecular weight is 643 g/mol. The zero-order chi connectivity index (χ0) is 33.2. The largest absolute Gasteiger partial charge is 0.493 e. The molecule has 3 aromatic rings. The molecule has 1 aromatic heterocycles. The number of carboxylic acid groups (broad SMARTS) is 2. The number of aliphatic carboxylic acids is 2. The van der Waals surface area contributed by atoms with E-state index in [-0.39, 0.29) is 0 Å². The van der Waals surface area contributed by atoms with Crippen LogP contribution in [0.4, 0.5) is 11.5 Å². The van der Waals surface area contributed by atoms with Crippen molar-refractivity contribution in [2.24, 2.45) is 0 Å². The minimum absolute atomic E-state index is 0.652. The summed E-state index contributed by atoms with van der Waals surface area (Å²) < 4.78 is 16.6. The van der Waals surface area contributed by atoms with E-state index in [4.69, 9.17) is 44.6 Å². The van der Waals surface area contributed by atoms with Crippen molar-refractivity contribution in [1.29, 1.82) is 0 Å². The minimum Gasteiger partial charge on any atom is -0.493 e. The third-order valence-electron chi connectivity index (χ3n) is 7.82. The summed E-state index contributed by atoms with van der Waals surface area (Å²) in [4.78, 5) is 36.6. The van der Waals surface area contributed by atoms with Crippen molar-refractivity contribution < 1.29 is 44.2 Å². The van der Waals surface area contributed by atoms with Gasteiger partial charge in [0.05, 0.1) is 33.0 Å². The number of aliphatic hydroxyl groups excluding tert-OH is 2. The highest BCUT2D eigenvalue weighted by Crippen LogP contribution is 2.35. The van der Waals surface area contributed by atoms with Gasteiger partial charge in [-0.3, -0.25) is 4.90 Å². The van der Waals surface area contributed by atoms with E-state index in [1.807, 2.05) is 12.1 Å². The number of benzene rings is 2. The van der Waals surface area contributed by atoms with Crippen LogP contribution in [0, 0.1) is 0 Å². The molecule has 3 heterocycles. The molecule has 0 bridgehead atoms. The molecular weight excluding hydrogens is 600 g/mol. The van der Waals surface area contributed by atoms with Gasteiger partial charge in [0.25, 0.3) is 0 Å². The van der Waals surface area contributed by atoms with Gasteiger partial charge in [-0.2, -0.15) is 0 Å². The summed E-state index contributed by atoms with van der Waals surface area (Å²) >= 11 is 0. The molecule has 2 atom stereocenters. The van der Waals surface area contributed by atoms with Crippen molar-refractivity contribution in [1.82, 2.24) is 19.8 Å². The molecule has 5 N–H and O–H groups in total. The second-order valence-electron chi connectivity index (χ2n) is 10.9. The summed E-state index contributed by atoms with van der Waals surface area (Å²) in [6, 6.07) is 12.5. The summed E-state index contributed by atoms with van der Waals surface area (Å²) in [6.07, 6.45) is -4.53. The number of nitrogens with one attached hydrogen (secondary N) is 1. The number of likely N-dealkylation sites (N-methyl/N-ethyl adjacent to an activating group) is 1. The number of hydrogen-bond acceptors (Lipinski definition) is 13. The molecule has 2 aromatic carbocycles. The zero-order valence-electron chi connectivity index (χ0n) is 26.3. The molecule has 0 spiro atoms. The van der Waals surface area contributed by atoms with E-state index in [9.17, 15) is 9.59 Å². The third-order valence-corrected chi connectivity index (χ3v) is 7.82. The molecule has 2 unspecified atom stereocenters. The molecular formula is C31H42N6O9. The number of piperazine rings is 1. The number of fused-ring (bicyclic) bond motifs is 1. The fourth-order valence-electron chi connectivity index (χ4n) is 5.03. The van der Waals surface area contributed by atoms with E-state index in [1.54, 1.807) is 14.2 Å². The lowest BCUT2D eigenvalue weighted by Crippen LogP contribution is -2.44. The number of aromatic nitrogens is 2. The number of rotatable bonds is 11. The van der Waals surface area contributed by atoms with Crippen LogP contribution in [0.15, 0.2) is 36.4 Å². The second-order valence-corrected chi connectivity index (χ2v) is 10.9. The topological polar surface area (TPSA) is 190 Å². The molecule has 0 amide bonds. The van der Waals surface area contributed by atoms with Crippen molar-refractivity contribution in [3.05, 3.63) is 36.4 Å². The molecule has 250 valence electrons. The Morgan fingerprint density at radius 2 is 1.48 bits per heavy atom. The number of hydrogen-bond donors (Lipinski definition) is 5. The van der Waals surface area contributed by atoms with Gasteiger partial charge in [0.15, 0.2) is 29.5 Å². The quantitative estimate of drug-likeness (QED) is 0.196. The number of morpholine rings is 1. The van der Waals surface area contributed by atoms with Crippen molar-refractivity contribution in [2.45, 2.75) is 12.2 Å². The molecule has 5 rings (SSSR count). The van der Waals surface area contributed by atoms with Gasteiger partial charge in [-0.25, -0.2) is 19.6 Å². The van der Waals surface area contributed by atoms with E-state index in [0.717, 1.165) is 87.9 Å². The molecule has 0 saturated carbocycles. The molecule has 0 aliphatic carbocycles. The number of nitrogens with zero attached hydrogens (tertiary/aromatic N) is 5. The Balaban J connectivity index is 0.000000416. The Hall–Kier alpha value is -4.28. The summed E-state index contributed by atoms with van der Waals surface area (Å²) in [5.74, 6) is -0.737. The minimum atomic E-state index is -2.27. The monoisotopic (exact) mass is 642 g/mol. The lowest BCUT2D eigenvalue weighted by atomic mass is 10.1. The Bertz CT molecular complexity index is 1440. The fraction of sp³-hybridized carbons (Fsp3) is 0.484. The summed E-state index contributed by atoms with van der Waals surface area (Å²) in [5.41, 5.74) is 3.04. The maximum atomic E-state index is 9.77. The van der Waals surface area contributed by atoms with Crippen molar-refractivity contribution in [3.8, 4) is 22.9 Å². The van der Waals surface area contributed by atoms with Crippen molar-refractivity contribution >= 4 is 34.3 Å². The summed E-state index contributed by atoms with van der Waals surface area (Å²) in [5, 5.41) is 37.0. The maximum Gasteiger partial charge on any atom is 0.335 e. The highest BCUT2D eigenvalue weighted by Gasteiger charge is 2.29. The number of carbonyl (C=O) groups is 2. The van der Waals surface area contributed by atoms with Crippen LogP contribution in [0.1, 0.15) is 0 Å². The van der Waals surface area contributed by atoms with E-state index < -0.39 is 24.1 Å². The number of anilines is 2. The van der Waals surface area contributed by atoms with Crippen molar-refractivity contribution in [2.75, 3.05) is 97.1 Å². The first kappa shape index (κ1) is 34.6. The van der Waals surface area contributed by atoms with Crippen LogP contribution >= 0.6 is 0 Å². The molecule has 0 radical (unpaired) electrons. The van der Waals surface area contributed by atoms with Crippen LogP contribution in [0.25, 0.3) is 22.3 Å². The Morgan fingerprint density at radius 1 is 0.891 bits per heavy atom. The number of carboxylic acids is 2. The van der Waals surface area contributed by atoms with Crippen LogP contribution in [-0.2, 0) is 14.3 Å². The van der Waals surface area contributed by atoms with Gasteiger partial charge in [0, 0.05) is 75.1 Å². The molecule has 2 fully saturated rings. The Labute approximate surface area is 266 Å². The number of ether oxygens (including phenoxy) is 3. The van der Waals surface area contributed by atoms with Crippen LogP contribution in [0.3, 0.4) is 0 Å². The van der Waals surface area contributed by atoms with Crippen LogP contribution in [0.5, 0.6) is 11.5 Å². The van der Waals surface area contributed by atoms with E-state index in [0.29, 0.717) is 17.3 Å². The lowest BCUT2D eigenvalue weighted by molar-refractivity contribution is -0.165. The van der Waals surface area contributed by atoms with Crippen LogP contribution in [-0.4, -0.2) is 151 Å². The highest BCUT2D eigenvalue weighted by molar-refractivity contribution is 5.93. The van der Waals surface area contributed by atoms with Crippen LogP contribution in [0.2, 0.25) is 0 Å². The molecule has 2 aliphatic heterocycles. The van der Waals surface area contributed by atoms with E-state index in [2.05, 4.69) is 51.3 Å². The Morgan fingerprint density at radius 3 is 2.04 bits per heavy atom. The fourth-order valence-corrected chi connectivity index (χ4v) is 5.03. The van der Waals surface area contributed by atoms with Crippen molar-refractivity contribution in [3.63, 3.8) is 0 Å². The first-order chi connectivity index (χ1) is 22.1. The SMILES string of the molecule is COc1cc2nc(-c3ccc(N4CCN(C)CC4)cc3)nc(NCCN3CCOCC3)c2cc1OC.O=C(O)C(O)C(O)C(=O)O. The van der Waals surface area contributed by atoms with Crippen LogP contribution < -0.4 is 19.7 Å². The summed E-state index contributed by atoms with van der Waals surface area (Å²) in [6.45, 7) is 9.47. The smallest absolute Gasteiger partial charge is 0.335 e. The number of aliphatic hydroxyl groups is 2. The first-order valence-electron chi connectivity index (χ1n) is 14.9. The Kier molecular flexibility index (Phi) is 12.3. The van der Waals surface area contributed by atoms with Gasteiger partial charge >= 0.3 is 11.9 Å². The van der Waals surface area contributed by atoms with Gasteiger partial charge in [-0.15, -0.1) is 0 Å². The predicted octanol–water partition coefficient (Wildman–Crippen LogP) is 0.687. The maximum absolute atomic E-state index is 9.77. The van der Waals surface area contributed by atoms with E-state index >= 15 is 0 Å². The predicted molar refractivity (Wildman–Crippen MR) is 171 cm³/mol. The highest BCUT2D eigenvalue weighted by atomic mass is 16.5. The van der Waals surface area contributed by atoms with Gasteiger partial charge < -0.3 is 49.8 Å². The summed E-state index contributed by atoms with van der Waals surface area (Å²) in [7, 11) is 5.46. The van der Waals surface area contributed by atoms with Gasteiger partial charge in [0.2, 0.25) is 0 Å². The molecule has 46 heavy (non-hydrogen) atoms. The van der Waals surface area contributed by atoms with Gasteiger partial charge in [-0.05, 0) is 37.4 Å². The molecule has 2 saturated heterocycles. The standard InChI is InChI=1S/C27H36N6O3.C4H6O6/c1-31-10-12-33(13-11-31)21-6-4-20(5-7-21)26-29-23-19-25(35-3)24(34-2)18-22(23)27(30-26)28-8-9-32-14-16-36-17-15-32;5-1(3(7)8)2(6)4(9)10/h4-7,18-19H,8-17H2,1-3H3,(H,28,29,30);1-2,5-6H,(H,7,8)(H,9,10). The lowest BCUT2D eigenvalue weighted by Gasteiger charge is -2.34. The molecule has 2 aliphatic rings. The average Bonchev–Trinajstić information content (AvgIpc) is 3.08. The second kappa shape index (κ2) is 16.3. The van der Waals surface area contributed by atoms with E-state index in [1.165, 1.54) is 5.69 Å².